The Balaban J connectivity index is 1.33. The number of aryl methyl sites for hydroxylation is 1. The molecule has 1 saturated heterocycles. The van der Waals surface area contributed by atoms with E-state index in [-0.39, 0.29) is 18.6 Å². The van der Waals surface area contributed by atoms with Crippen LogP contribution in [0.25, 0.3) is 0 Å². The zero-order chi connectivity index (χ0) is 23.4. The van der Waals surface area contributed by atoms with Crippen molar-refractivity contribution in [1.29, 1.82) is 0 Å². The van der Waals surface area contributed by atoms with Crippen molar-refractivity contribution in [3.8, 4) is 0 Å². The average molecular weight is 468 g/mol. The van der Waals surface area contributed by atoms with Crippen LogP contribution >= 0.6 is 11.8 Å². The van der Waals surface area contributed by atoms with Gasteiger partial charge in [-0.25, -0.2) is 0 Å². The van der Waals surface area contributed by atoms with Crippen LogP contribution in [0.4, 0.5) is 0 Å². The lowest BCUT2D eigenvalue weighted by Gasteiger charge is -2.28. The van der Waals surface area contributed by atoms with Gasteiger partial charge in [-0.2, -0.15) is 0 Å². The van der Waals surface area contributed by atoms with E-state index in [1.165, 1.54) is 0 Å². The van der Waals surface area contributed by atoms with E-state index >= 15 is 0 Å². The molecule has 2 aliphatic rings. The second-order valence-electron chi connectivity index (χ2n) is 8.56. The summed E-state index contributed by atoms with van der Waals surface area (Å²) in [7, 11) is 0. The van der Waals surface area contributed by atoms with Crippen molar-refractivity contribution in [3.63, 3.8) is 0 Å². The smallest absolute Gasteiger partial charge is 0.255 e. The third kappa shape index (κ3) is 5.46. The van der Waals surface area contributed by atoms with Crippen LogP contribution in [-0.2, 0) is 16.1 Å². The van der Waals surface area contributed by atoms with Crippen LogP contribution in [0.2, 0.25) is 0 Å². The molecular weight excluding hydrogens is 438 g/mol. The molecule has 0 aromatic heterocycles. The van der Waals surface area contributed by atoms with Crippen molar-refractivity contribution in [3.05, 3.63) is 70.8 Å². The molecule has 2 amide bonds. The predicted octanol–water partition coefficient (Wildman–Crippen LogP) is 2.51. The molecule has 4 rings (SSSR count). The number of aliphatic hydroxyl groups is 2. The number of hydrogen-bond acceptors (Lipinski definition) is 6. The molecule has 8 heteroatoms. The van der Waals surface area contributed by atoms with Crippen molar-refractivity contribution in [2.45, 2.75) is 50.6 Å². The van der Waals surface area contributed by atoms with E-state index in [1.807, 2.05) is 61.0 Å². The third-order valence-electron chi connectivity index (χ3n) is 6.18. The van der Waals surface area contributed by atoms with Gasteiger partial charge in [0, 0.05) is 18.8 Å². The molecule has 2 aromatic rings. The number of aliphatic imine (C=N–C) groups is 1. The second kappa shape index (κ2) is 10.5. The van der Waals surface area contributed by atoms with Crippen molar-refractivity contribution in [1.82, 2.24) is 10.2 Å². The van der Waals surface area contributed by atoms with Crippen molar-refractivity contribution >= 4 is 29.1 Å². The lowest BCUT2D eigenvalue weighted by molar-refractivity contribution is -0.153. The summed E-state index contributed by atoms with van der Waals surface area (Å²) >= 11 is 1.68. The molecule has 174 valence electrons. The number of carbonyl (C=O) groups is 2. The van der Waals surface area contributed by atoms with Gasteiger partial charge in [-0.05, 0) is 36.5 Å². The molecule has 0 radical (unpaired) electrons. The predicted molar refractivity (Wildman–Crippen MR) is 129 cm³/mol. The van der Waals surface area contributed by atoms with Gasteiger partial charge in [-0.15, -0.1) is 11.8 Å². The van der Waals surface area contributed by atoms with Crippen LogP contribution in [0, 0.1) is 6.92 Å². The zero-order valence-electron chi connectivity index (χ0n) is 18.6. The fourth-order valence-electron chi connectivity index (χ4n) is 4.33. The van der Waals surface area contributed by atoms with E-state index in [4.69, 9.17) is 0 Å². The summed E-state index contributed by atoms with van der Waals surface area (Å²) in [5.41, 5.74) is 5.92. The summed E-state index contributed by atoms with van der Waals surface area (Å²) in [4.78, 5) is 31.3. The van der Waals surface area contributed by atoms with E-state index in [0.717, 1.165) is 40.8 Å². The minimum absolute atomic E-state index is 0.163. The molecule has 2 aliphatic heterocycles. The molecule has 2 heterocycles. The molecule has 0 saturated carbocycles. The lowest BCUT2D eigenvalue weighted by atomic mass is 10.0. The second-order valence-corrected chi connectivity index (χ2v) is 9.43. The molecule has 0 bridgehead atoms. The van der Waals surface area contributed by atoms with E-state index < -0.39 is 24.0 Å². The van der Waals surface area contributed by atoms with Crippen molar-refractivity contribution < 1.29 is 19.8 Å². The molecule has 0 aliphatic carbocycles. The maximum atomic E-state index is 12.9. The molecule has 7 nitrogen and oxygen atoms in total. The maximum Gasteiger partial charge on any atom is 0.255 e. The van der Waals surface area contributed by atoms with E-state index in [9.17, 15) is 19.8 Å². The van der Waals surface area contributed by atoms with Gasteiger partial charge in [-0.1, -0.05) is 54.1 Å². The standard InChI is InChI=1S/C25H29N3O4S/c1-16-4-2-5-19(12-16)21-6-3-11-28(21)25(32)23(30)22(29)24(31)26-13-17-7-9-18(10-8-17)20-14-33-15-27-20/h2,4-5,7-10,12,15,20-23,29-30H,3,6,11,13-14H2,1H3,(H,26,31)/t20?,21?,22-,23-/m1/s1. The van der Waals surface area contributed by atoms with Crippen LogP contribution in [0.3, 0.4) is 0 Å². The highest BCUT2D eigenvalue weighted by Gasteiger charge is 2.38. The molecule has 33 heavy (non-hydrogen) atoms. The Kier molecular flexibility index (Phi) is 7.47. The normalized spacial score (nSPS) is 21.7. The highest BCUT2D eigenvalue weighted by molar-refractivity contribution is 8.12. The van der Waals surface area contributed by atoms with Gasteiger partial charge >= 0.3 is 0 Å². The van der Waals surface area contributed by atoms with Crippen molar-refractivity contribution in [2.75, 3.05) is 12.3 Å². The van der Waals surface area contributed by atoms with Gasteiger partial charge in [0.2, 0.25) is 0 Å². The number of amides is 2. The molecule has 0 spiro atoms. The number of rotatable bonds is 7. The fourth-order valence-corrected chi connectivity index (χ4v) is 5.11. The van der Waals surface area contributed by atoms with Gasteiger partial charge in [0.05, 0.1) is 17.6 Å². The Bertz CT molecular complexity index is 1030. The number of aliphatic hydroxyl groups excluding tert-OH is 2. The van der Waals surface area contributed by atoms with Crippen LogP contribution in [0.15, 0.2) is 53.5 Å². The largest absolute Gasteiger partial charge is 0.380 e. The SMILES string of the molecule is Cc1cccc(C2CCCN2C(=O)[C@H](O)[C@@H](O)C(=O)NCc2ccc(C3CSC=N3)cc2)c1. The lowest BCUT2D eigenvalue weighted by Crippen LogP contribution is -2.50. The van der Waals surface area contributed by atoms with Gasteiger partial charge < -0.3 is 20.4 Å². The topological polar surface area (TPSA) is 102 Å². The first-order valence-electron chi connectivity index (χ1n) is 11.2. The summed E-state index contributed by atoms with van der Waals surface area (Å²) in [5.74, 6) is -0.473. The van der Waals surface area contributed by atoms with Gasteiger partial charge in [-0.3, -0.25) is 14.6 Å². The number of nitrogens with one attached hydrogen (secondary N) is 1. The summed E-state index contributed by atoms with van der Waals surface area (Å²) in [6.07, 6.45) is -2.05. The first kappa shape index (κ1) is 23.5. The zero-order valence-corrected chi connectivity index (χ0v) is 19.4. The Morgan fingerprint density at radius 3 is 2.64 bits per heavy atom. The molecule has 1 fully saturated rings. The highest BCUT2D eigenvalue weighted by atomic mass is 32.2. The van der Waals surface area contributed by atoms with E-state index in [0.29, 0.717) is 6.54 Å². The van der Waals surface area contributed by atoms with Gasteiger partial charge in [0.1, 0.15) is 0 Å². The number of hydrogen-bond donors (Lipinski definition) is 3. The average Bonchev–Trinajstić information content (AvgIpc) is 3.54. The first-order chi connectivity index (χ1) is 15.9. The minimum atomic E-state index is -1.83. The quantitative estimate of drug-likeness (QED) is 0.581. The van der Waals surface area contributed by atoms with Crippen LogP contribution in [-0.4, -0.2) is 57.0 Å². The summed E-state index contributed by atoms with van der Waals surface area (Å²) in [6.45, 7) is 2.66. The summed E-state index contributed by atoms with van der Waals surface area (Å²) < 4.78 is 0. The number of benzene rings is 2. The molecular formula is C25H29N3O4S. The highest BCUT2D eigenvalue weighted by Crippen LogP contribution is 2.33. The van der Waals surface area contributed by atoms with Crippen LogP contribution in [0.1, 0.15) is 47.2 Å². The summed E-state index contributed by atoms with van der Waals surface area (Å²) in [6, 6.07) is 15.7. The number of nitrogens with zero attached hydrogens (tertiary/aromatic N) is 2. The third-order valence-corrected chi connectivity index (χ3v) is 6.96. The van der Waals surface area contributed by atoms with E-state index in [1.54, 1.807) is 16.7 Å². The molecule has 4 atom stereocenters. The Morgan fingerprint density at radius 2 is 1.94 bits per heavy atom. The van der Waals surface area contributed by atoms with Crippen molar-refractivity contribution in [2.24, 2.45) is 4.99 Å². The Morgan fingerprint density at radius 1 is 1.15 bits per heavy atom. The summed E-state index contributed by atoms with van der Waals surface area (Å²) in [5, 5.41) is 23.4. The maximum absolute atomic E-state index is 12.9. The van der Waals surface area contributed by atoms with Gasteiger partial charge in [0.15, 0.2) is 12.2 Å². The molecule has 3 N–H and O–H groups in total. The van der Waals surface area contributed by atoms with Crippen LogP contribution < -0.4 is 5.32 Å². The van der Waals surface area contributed by atoms with Gasteiger partial charge in [0.25, 0.3) is 11.8 Å². The van der Waals surface area contributed by atoms with E-state index in [2.05, 4.69) is 10.3 Å². The number of thioether (sulfide) groups is 1. The van der Waals surface area contributed by atoms with Crippen LogP contribution in [0.5, 0.6) is 0 Å². The monoisotopic (exact) mass is 467 g/mol. The Hall–Kier alpha value is -2.68. The minimum Gasteiger partial charge on any atom is -0.380 e. The molecule has 2 unspecified atom stereocenters. The molecule has 2 aromatic carbocycles. The Labute approximate surface area is 197 Å². The number of likely N-dealkylation sites (tertiary alicyclic amines) is 1. The fraction of sp³-hybridized carbons (Fsp3) is 0.400. The first-order valence-corrected chi connectivity index (χ1v) is 12.2. The number of carbonyl (C=O) groups excluding carboxylic acids is 2.